The van der Waals surface area contributed by atoms with Gasteiger partial charge in [-0.1, -0.05) is 6.07 Å². The van der Waals surface area contributed by atoms with E-state index < -0.39 is 11.4 Å². The summed E-state index contributed by atoms with van der Waals surface area (Å²) in [6.07, 6.45) is 3.06. The number of nitrogens with two attached hydrogens (primary N) is 1. The number of aromatic nitrogens is 1. The predicted molar refractivity (Wildman–Crippen MR) is 83.0 cm³/mol. The number of hydrogen-bond donors (Lipinski definition) is 2. The summed E-state index contributed by atoms with van der Waals surface area (Å²) in [6, 6.07) is 3.89. The molecule has 5 nitrogen and oxygen atoms in total. The maximum atomic E-state index is 12.5. The quantitative estimate of drug-likeness (QED) is 0.880. The first-order valence-corrected chi connectivity index (χ1v) is 7.10. The van der Waals surface area contributed by atoms with Gasteiger partial charge in [-0.15, -0.1) is 0 Å². The number of benzene rings is 1. The van der Waals surface area contributed by atoms with E-state index in [0.717, 1.165) is 29.5 Å². The second-order valence-corrected chi connectivity index (χ2v) is 5.10. The molecule has 3 N–H and O–H groups in total. The van der Waals surface area contributed by atoms with Crippen molar-refractivity contribution in [3.63, 3.8) is 0 Å². The van der Waals surface area contributed by atoms with Gasteiger partial charge in [0.1, 0.15) is 5.56 Å². The van der Waals surface area contributed by atoms with Crippen molar-refractivity contribution >= 4 is 16.9 Å². The van der Waals surface area contributed by atoms with Gasteiger partial charge >= 0.3 is 5.97 Å². The predicted octanol–water partition coefficient (Wildman–Crippen LogP) is 1.92. The molecule has 0 saturated carbocycles. The topological polar surface area (TPSA) is 85.3 Å². The zero-order chi connectivity index (χ0) is 15.6. The molecule has 0 radical (unpaired) electrons. The Morgan fingerprint density at radius 1 is 1.38 bits per heavy atom. The third kappa shape index (κ3) is 2.69. The first-order chi connectivity index (χ1) is 10.0. The Labute approximate surface area is 123 Å². The van der Waals surface area contributed by atoms with Gasteiger partial charge in [0.05, 0.1) is 5.52 Å². The van der Waals surface area contributed by atoms with E-state index in [2.05, 4.69) is 0 Å². The van der Waals surface area contributed by atoms with Crippen molar-refractivity contribution in [1.82, 2.24) is 4.57 Å². The monoisotopic (exact) mass is 288 g/mol. The standard InChI is InChI=1S/C16H20N2O3/c1-3-18-9-12(16(20)21)15(19)14-10(2)11(5-4-8-17)6-7-13(14)18/h6-7,9H,3-5,8,17H2,1-2H3,(H,20,21). The molecule has 5 heteroatoms. The number of carboxylic acid groups (broad SMARTS) is 1. The van der Waals surface area contributed by atoms with Crippen LogP contribution in [0.15, 0.2) is 23.1 Å². The van der Waals surface area contributed by atoms with Crippen molar-refractivity contribution in [2.24, 2.45) is 5.73 Å². The molecule has 2 aromatic rings. The lowest BCUT2D eigenvalue weighted by Gasteiger charge is -2.14. The summed E-state index contributed by atoms with van der Waals surface area (Å²) >= 11 is 0. The highest BCUT2D eigenvalue weighted by Crippen LogP contribution is 2.21. The number of nitrogens with zero attached hydrogens (tertiary/aromatic N) is 1. The van der Waals surface area contributed by atoms with Gasteiger partial charge in [0, 0.05) is 18.1 Å². The van der Waals surface area contributed by atoms with Crippen LogP contribution in [-0.2, 0) is 13.0 Å². The number of carbonyl (C=O) groups is 1. The molecule has 112 valence electrons. The fourth-order valence-corrected chi connectivity index (χ4v) is 2.66. The molecular weight excluding hydrogens is 268 g/mol. The van der Waals surface area contributed by atoms with Gasteiger partial charge in [-0.3, -0.25) is 4.79 Å². The summed E-state index contributed by atoms with van der Waals surface area (Å²) in [5, 5.41) is 9.72. The third-order valence-electron chi connectivity index (χ3n) is 3.84. The molecule has 0 aliphatic carbocycles. The number of carboxylic acids is 1. The molecule has 0 fully saturated rings. The summed E-state index contributed by atoms with van der Waals surface area (Å²) in [4.78, 5) is 23.7. The highest BCUT2D eigenvalue weighted by atomic mass is 16.4. The second-order valence-electron chi connectivity index (χ2n) is 5.10. The maximum Gasteiger partial charge on any atom is 0.341 e. The molecule has 21 heavy (non-hydrogen) atoms. The maximum absolute atomic E-state index is 12.5. The average molecular weight is 288 g/mol. The number of aromatic carboxylic acids is 1. The minimum atomic E-state index is -1.18. The van der Waals surface area contributed by atoms with Gasteiger partial charge in [-0.25, -0.2) is 4.79 Å². The Bertz CT molecular complexity index is 747. The SMILES string of the molecule is CCn1cc(C(=O)O)c(=O)c2c(C)c(CCCN)ccc21. The molecule has 0 saturated heterocycles. The van der Waals surface area contributed by atoms with Crippen LogP contribution in [-0.4, -0.2) is 22.2 Å². The summed E-state index contributed by atoms with van der Waals surface area (Å²) in [7, 11) is 0. The number of fused-ring (bicyclic) bond motifs is 1. The van der Waals surface area contributed by atoms with Crippen molar-refractivity contribution < 1.29 is 9.90 Å². The minimum Gasteiger partial charge on any atom is -0.477 e. The molecule has 1 aromatic carbocycles. The van der Waals surface area contributed by atoms with Crippen LogP contribution in [0.4, 0.5) is 0 Å². The average Bonchev–Trinajstić information content (AvgIpc) is 2.46. The van der Waals surface area contributed by atoms with Crippen LogP contribution >= 0.6 is 0 Å². The Balaban J connectivity index is 2.81. The molecule has 1 aromatic heterocycles. The van der Waals surface area contributed by atoms with E-state index in [-0.39, 0.29) is 5.56 Å². The number of hydrogen-bond acceptors (Lipinski definition) is 3. The van der Waals surface area contributed by atoms with Crippen molar-refractivity contribution in [3.05, 3.63) is 45.2 Å². The van der Waals surface area contributed by atoms with Gasteiger partial charge in [0.2, 0.25) is 5.43 Å². The van der Waals surface area contributed by atoms with E-state index in [1.54, 1.807) is 4.57 Å². The van der Waals surface area contributed by atoms with Gasteiger partial charge in [0.15, 0.2) is 0 Å². The van der Waals surface area contributed by atoms with Gasteiger partial charge < -0.3 is 15.4 Å². The third-order valence-corrected chi connectivity index (χ3v) is 3.84. The van der Waals surface area contributed by atoms with Crippen LogP contribution in [0.1, 0.15) is 34.8 Å². The first-order valence-electron chi connectivity index (χ1n) is 7.10. The van der Waals surface area contributed by atoms with E-state index in [4.69, 9.17) is 5.73 Å². The Morgan fingerprint density at radius 3 is 2.67 bits per heavy atom. The molecule has 0 atom stereocenters. The van der Waals surface area contributed by atoms with Crippen molar-refractivity contribution in [3.8, 4) is 0 Å². The summed E-state index contributed by atoms with van der Waals surface area (Å²) in [6.45, 7) is 5.00. The van der Waals surface area contributed by atoms with Crippen LogP contribution in [0.2, 0.25) is 0 Å². The Hall–Kier alpha value is -2.14. The highest BCUT2D eigenvalue weighted by Gasteiger charge is 2.16. The Kier molecular flexibility index (Phi) is 4.43. The van der Waals surface area contributed by atoms with E-state index in [1.807, 2.05) is 26.0 Å². The van der Waals surface area contributed by atoms with Gasteiger partial charge in [0.25, 0.3) is 0 Å². The van der Waals surface area contributed by atoms with E-state index >= 15 is 0 Å². The Morgan fingerprint density at radius 2 is 2.10 bits per heavy atom. The smallest absolute Gasteiger partial charge is 0.341 e. The second kappa shape index (κ2) is 6.10. The van der Waals surface area contributed by atoms with Crippen molar-refractivity contribution in [2.75, 3.05) is 6.54 Å². The summed E-state index contributed by atoms with van der Waals surface area (Å²) < 4.78 is 1.81. The van der Waals surface area contributed by atoms with Gasteiger partial charge in [-0.2, -0.15) is 0 Å². The van der Waals surface area contributed by atoms with Crippen LogP contribution in [0.25, 0.3) is 10.9 Å². The lowest BCUT2D eigenvalue weighted by atomic mass is 9.98. The van der Waals surface area contributed by atoms with E-state index in [1.165, 1.54) is 6.20 Å². The molecule has 0 aliphatic heterocycles. The van der Waals surface area contributed by atoms with Crippen molar-refractivity contribution in [2.45, 2.75) is 33.2 Å². The zero-order valence-electron chi connectivity index (χ0n) is 12.3. The lowest BCUT2D eigenvalue weighted by Crippen LogP contribution is -2.20. The molecule has 0 spiro atoms. The van der Waals surface area contributed by atoms with Crippen molar-refractivity contribution in [1.29, 1.82) is 0 Å². The molecule has 0 bridgehead atoms. The zero-order valence-corrected chi connectivity index (χ0v) is 12.3. The van der Waals surface area contributed by atoms with Crippen LogP contribution < -0.4 is 11.2 Å². The number of pyridine rings is 1. The summed E-state index contributed by atoms with van der Waals surface area (Å²) in [5.41, 5.74) is 7.64. The minimum absolute atomic E-state index is 0.177. The first kappa shape index (κ1) is 15.3. The largest absolute Gasteiger partial charge is 0.477 e. The molecule has 0 aliphatic rings. The highest BCUT2D eigenvalue weighted by molar-refractivity contribution is 5.94. The fourth-order valence-electron chi connectivity index (χ4n) is 2.66. The van der Waals surface area contributed by atoms with Crippen LogP contribution in [0, 0.1) is 6.92 Å². The summed E-state index contributed by atoms with van der Waals surface area (Å²) in [5.74, 6) is -1.18. The normalized spacial score (nSPS) is 11.0. The van der Waals surface area contributed by atoms with E-state index in [9.17, 15) is 14.7 Å². The number of rotatable bonds is 5. The van der Waals surface area contributed by atoms with E-state index in [0.29, 0.717) is 18.5 Å². The molecule has 0 unspecified atom stereocenters. The molecular formula is C16H20N2O3. The van der Waals surface area contributed by atoms with Crippen LogP contribution in [0.5, 0.6) is 0 Å². The fraction of sp³-hybridized carbons (Fsp3) is 0.375. The number of aryl methyl sites for hydroxylation is 3. The molecule has 2 rings (SSSR count). The van der Waals surface area contributed by atoms with Crippen LogP contribution in [0.3, 0.4) is 0 Å². The molecule has 0 amide bonds. The van der Waals surface area contributed by atoms with Gasteiger partial charge in [-0.05, 0) is 50.4 Å². The molecule has 1 heterocycles. The lowest BCUT2D eigenvalue weighted by molar-refractivity contribution is 0.0695.